The van der Waals surface area contributed by atoms with Crippen LogP contribution in [-0.2, 0) is 9.59 Å². The summed E-state index contributed by atoms with van der Waals surface area (Å²) in [4.78, 5) is 33.2. The highest BCUT2D eigenvalue weighted by atomic mass is 35.5. The predicted molar refractivity (Wildman–Crippen MR) is 109 cm³/mol. The molecule has 4 rings (SSSR count). The molecule has 2 aliphatic rings. The third kappa shape index (κ3) is 3.08. The number of nitrogens with zero attached hydrogens (tertiary/aromatic N) is 3. The number of halogens is 1. The Morgan fingerprint density at radius 1 is 1.00 bits per heavy atom. The van der Waals surface area contributed by atoms with Crippen molar-refractivity contribution in [2.45, 2.75) is 6.92 Å². The average Bonchev–Trinajstić information content (AvgIpc) is 3.25. The van der Waals surface area contributed by atoms with Gasteiger partial charge in [-0.1, -0.05) is 23.7 Å². The zero-order chi connectivity index (χ0) is 19.1. The van der Waals surface area contributed by atoms with Crippen molar-refractivity contribution in [3.8, 4) is 0 Å². The normalized spacial score (nSPS) is 18.8. The summed E-state index contributed by atoms with van der Waals surface area (Å²) < 4.78 is 0. The molecule has 2 aromatic rings. The maximum absolute atomic E-state index is 13.4. The number of carbonyl (C=O) groups excluding carboxylic acids is 2. The molecule has 140 valence electrons. The molecule has 0 saturated carbocycles. The van der Waals surface area contributed by atoms with E-state index in [2.05, 4.69) is 16.8 Å². The van der Waals surface area contributed by atoms with E-state index in [0.717, 1.165) is 36.6 Å². The van der Waals surface area contributed by atoms with Gasteiger partial charge in [-0.3, -0.25) is 9.59 Å². The average molecular weight is 402 g/mol. The molecule has 1 aromatic heterocycles. The smallest absolute Gasteiger partial charge is 0.282 e. The molecular weight excluding hydrogens is 382 g/mol. The summed E-state index contributed by atoms with van der Waals surface area (Å²) in [6.45, 7) is 5.00. The fraction of sp³-hybridized carbons (Fsp3) is 0.300. The van der Waals surface area contributed by atoms with Gasteiger partial charge in [-0.25, -0.2) is 4.90 Å². The Kier molecular flexibility index (Phi) is 4.80. The molecular formula is C20H20ClN3O2S. The van der Waals surface area contributed by atoms with Gasteiger partial charge in [-0.05, 0) is 43.1 Å². The van der Waals surface area contributed by atoms with Gasteiger partial charge in [0.05, 0.1) is 11.3 Å². The second kappa shape index (κ2) is 7.11. The number of anilines is 1. The van der Waals surface area contributed by atoms with Crippen molar-refractivity contribution < 1.29 is 9.59 Å². The number of thiophene rings is 1. The largest absolute Gasteiger partial charge is 0.364 e. The lowest BCUT2D eigenvalue weighted by molar-refractivity contribution is -0.120. The minimum Gasteiger partial charge on any atom is -0.364 e. The molecule has 27 heavy (non-hydrogen) atoms. The topological polar surface area (TPSA) is 43.9 Å². The summed E-state index contributed by atoms with van der Waals surface area (Å²) >= 11 is 7.73. The second-order valence-electron chi connectivity index (χ2n) is 6.82. The van der Waals surface area contributed by atoms with Gasteiger partial charge >= 0.3 is 0 Å². The third-order valence-corrected chi connectivity index (χ3v) is 6.42. The van der Waals surface area contributed by atoms with Crippen LogP contribution in [0.5, 0.6) is 0 Å². The van der Waals surface area contributed by atoms with Crippen molar-refractivity contribution in [1.82, 2.24) is 9.80 Å². The molecule has 0 N–H and O–H groups in total. The molecule has 2 amide bonds. The van der Waals surface area contributed by atoms with E-state index in [4.69, 9.17) is 11.6 Å². The summed E-state index contributed by atoms with van der Waals surface area (Å²) in [5, 5.41) is 2.47. The number of benzene rings is 1. The first-order chi connectivity index (χ1) is 13.0. The SMILES string of the molecule is Cc1c(Cl)cccc1N1C(=O)C(c2cccs2)=C(N2CCN(C)CC2)C1=O. The first-order valence-corrected chi connectivity index (χ1v) is 10.1. The van der Waals surface area contributed by atoms with Crippen molar-refractivity contribution in [1.29, 1.82) is 0 Å². The molecule has 0 spiro atoms. The standard InChI is InChI=1S/C20H20ClN3O2S/c1-13-14(21)5-3-6-15(13)24-19(25)17(16-7-4-12-27-16)18(20(24)26)23-10-8-22(2)9-11-23/h3-7,12H,8-11H2,1-2H3. The highest BCUT2D eigenvalue weighted by Gasteiger charge is 2.43. The van der Waals surface area contributed by atoms with Crippen molar-refractivity contribution in [2.24, 2.45) is 0 Å². The summed E-state index contributed by atoms with van der Waals surface area (Å²) in [5.41, 5.74) is 2.29. The summed E-state index contributed by atoms with van der Waals surface area (Å²) in [6, 6.07) is 9.11. The maximum Gasteiger partial charge on any atom is 0.282 e. The van der Waals surface area contributed by atoms with Crippen LogP contribution in [0.4, 0.5) is 5.69 Å². The van der Waals surface area contributed by atoms with Crippen molar-refractivity contribution in [3.05, 3.63) is 56.9 Å². The molecule has 0 atom stereocenters. The van der Waals surface area contributed by atoms with E-state index in [0.29, 0.717) is 22.0 Å². The molecule has 1 saturated heterocycles. The molecule has 2 aliphatic heterocycles. The lowest BCUT2D eigenvalue weighted by Crippen LogP contribution is -2.46. The zero-order valence-electron chi connectivity index (χ0n) is 15.2. The fourth-order valence-corrected chi connectivity index (χ4v) is 4.47. The maximum atomic E-state index is 13.4. The fourth-order valence-electron chi connectivity index (χ4n) is 3.54. The second-order valence-corrected chi connectivity index (χ2v) is 8.18. The minimum absolute atomic E-state index is 0.265. The van der Waals surface area contributed by atoms with Crippen LogP contribution < -0.4 is 4.90 Å². The van der Waals surface area contributed by atoms with Crippen LogP contribution in [0.15, 0.2) is 41.4 Å². The number of piperazine rings is 1. The molecule has 0 aliphatic carbocycles. The van der Waals surface area contributed by atoms with Gasteiger partial charge in [0.25, 0.3) is 11.8 Å². The van der Waals surface area contributed by atoms with Crippen LogP contribution in [-0.4, -0.2) is 54.8 Å². The molecule has 0 unspecified atom stereocenters. The van der Waals surface area contributed by atoms with Gasteiger partial charge in [-0.15, -0.1) is 11.3 Å². The number of carbonyl (C=O) groups is 2. The summed E-state index contributed by atoms with van der Waals surface area (Å²) in [7, 11) is 2.06. The Bertz CT molecular complexity index is 931. The van der Waals surface area contributed by atoms with E-state index in [1.54, 1.807) is 18.2 Å². The van der Waals surface area contributed by atoms with Crippen LogP contribution in [0.2, 0.25) is 5.02 Å². The van der Waals surface area contributed by atoms with Crippen LogP contribution in [0, 0.1) is 6.92 Å². The lowest BCUT2D eigenvalue weighted by Gasteiger charge is -2.34. The quantitative estimate of drug-likeness (QED) is 0.740. The number of likely N-dealkylation sites (N-methyl/N-ethyl adjacent to an activating group) is 1. The van der Waals surface area contributed by atoms with E-state index in [1.165, 1.54) is 16.2 Å². The van der Waals surface area contributed by atoms with E-state index in [-0.39, 0.29) is 11.8 Å². The van der Waals surface area contributed by atoms with Crippen molar-refractivity contribution >= 4 is 46.0 Å². The van der Waals surface area contributed by atoms with E-state index in [1.807, 2.05) is 24.4 Å². The van der Waals surface area contributed by atoms with Crippen molar-refractivity contribution in [2.75, 3.05) is 38.1 Å². The molecule has 5 nitrogen and oxygen atoms in total. The first kappa shape index (κ1) is 18.2. The van der Waals surface area contributed by atoms with Gasteiger partial charge in [0.15, 0.2) is 0 Å². The van der Waals surface area contributed by atoms with Gasteiger partial charge in [-0.2, -0.15) is 0 Å². The summed E-state index contributed by atoms with van der Waals surface area (Å²) in [5.74, 6) is -0.542. The third-order valence-electron chi connectivity index (χ3n) is 5.13. The van der Waals surface area contributed by atoms with Crippen LogP contribution >= 0.6 is 22.9 Å². The van der Waals surface area contributed by atoms with E-state index >= 15 is 0 Å². The Morgan fingerprint density at radius 2 is 1.74 bits per heavy atom. The number of imide groups is 1. The van der Waals surface area contributed by atoms with Gasteiger partial charge < -0.3 is 9.80 Å². The van der Waals surface area contributed by atoms with Crippen LogP contribution in [0.1, 0.15) is 10.4 Å². The lowest BCUT2D eigenvalue weighted by atomic mass is 10.1. The highest BCUT2D eigenvalue weighted by molar-refractivity contribution is 7.11. The Labute approximate surface area is 167 Å². The molecule has 7 heteroatoms. The number of hydrogen-bond acceptors (Lipinski definition) is 5. The first-order valence-electron chi connectivity index (χ1n) is 8.84. The highest BCUT2D eigenvalue weighted by Crippen LogP contribution is 2.38. The molecule has 1 aromatic carbocycles. The Balaban J connectivity index is 1.81. The predicted octanol–water partition coefficient (Wildman–Crippen LogP) is 3.24. The number of amides is 2. The van der Waals surface area contributed by atoms with Gasteiger partial charge in [0.2, 0.25) is 0 Å². The Hall–Kier alpha value is -2.15. The number of rotatable bonds is 3. The Morgan fingerprint density at radius 3 is 2.41 bits per heavy atom. The van der Waals surface area contributed by atoms with E-state index < -0.39 is 0 Å². The van der Waals surface area contributed by atoms with Crippen molar-refractivity contribution in [3.63, 3.8) is 0 Å². The number of hydrogen-bond donors (Lipinski definition) is 0. The molecule has 1 fully saturated rings. The summed E-state index contributed by atoms with van der Waals surface area (Å²) in [6.07, 6.45) is 0. The van der Waals surface area contributed by atoms with Crippen LogP contribution in [0.25, 0.3) is 5.57 Å². The monoisotopic (exact) mass is 401 g/mol. The molecule has 0 bridgehead atoms. The molecule has 0 radical (unpaired) electrons. The molecule has 3 heterocycles. The van der Waals surface area contributed by atoms with E-state index in [9.17, 15) is 9.59 Å². The van der Waals surface area contributed by atoms with Gasteiger partial charge in [0.1, 0.15) is 5.70 Å². The van der Waals surface area contributed by atoms with Crippen LogP contribution in [0.3, 0.4) is 0 Å². The van der Waals surface area contributed by atoms with Gasteiger partial charge in [0, 0.05) is 36.1 Å². The zero-order valence-corrected chi connectivity index (χ0v) is 16.8. The minimum atomic E-state index is -0.276.